The molecule has 0 saturated carbocycles. The zero-order valence-corrected chi connectivity index (χ0v) is 9.36. The van der Waals surface area contributed by atoms with Gasteiger partial charge in [0.25, 0.3) is 0 Å². The molecule has 2 rings (SSSR count). The van der Waals surface area contributed by atoms with E-state index in [0.29, 0.717) is 6.29 Å². The minimum Gasteiger partial charge on any atom is -0.453 e. The van der Waals surface area contributed by atoms with Crippen molar-refractivity contribution in [3.63, 3.8) is 0 Å². The van der Waals surface area contributed by atoms with Crippen molar-refractivity contribution in [3.8, 4) is 17.4 Å². The van der Waals surface area contributed by atoms with Gasteiger partial charge in [0.2, 0.25) is 0 Å². The molecular formula is C13H6F3NO2. The fraction of sp³-hybridized carbons (Fsp3) is 0.0769. The van der Waals surface area contributed by atoms with E-state index >= 15 is 0 Å². The van der Waals surface area contributed by atoms with Crippen molar-refractivity contribution >= 4 is 6.29 Å². The van der Waals surface area contributed by atoms with Crippen LogP contribution in [-0.4, -0.2) is 6.29 Å². The maximum atomic E-state index is 12.6. The van der Waals surface area contributed by atoms with E-state index in [4.69, 9.17) is 9.68 Å². The van der Waals surface area contributed by atoms with E-state index in [1.165, 1.54) is 12.1 Å². The Bertz CT molecular complexity index is 665. The van der Waals surface area contributed by atoms with Crippen molar-refractivity contribution in [1.29, 1.82) is 5.26 Å². The zero-order valence-electron chi connectivity index (χ0n) is 9.36. The fourth-order valence-electron chi connectivity index (χ4n) is 1.58. The molecule has 0 radical (unpaired) electrons. The lowest BCUT2D eigenvalue weighted by atomic mass is 10.0. The van der Waals surface area contributed by atoms with Crippen LogP contribution in [0.5, 0.6) is 0 Å². The number of nitrogens with zero attached hydrogens (tertiary/aromatic N) is 1. The van der Waals surface area contributed by atoms with Gasteiger partial charge in [0.1, 0.15) is 5.76 Å². The first-order chi connectivity index (χ1) is 8.95. The van der Waals surface area contributed by atoms with Gasteiger partial charge in [0.15, 0.2) is 12.0 Å². The van der Waals surface area contributed by atoms with E-state index in [2.05, 4.69) is 0 Å². The summed E-state index contributed by atoms with van der Waals surface area (Å²) in [5.74, 6) is 0.0288. The summed E-state index contributed by atoms with van der Waals surface area (Å²) in [5, 5.41) is 8.89. The molecule has 0 N–H and O–H groups in total. The lowest BCUT2D eigenvalue weighted by Gasteiger charge is -2.08. The summed E-state index contributed by atoms with van der Waals surface area (Å²) in [4.78, 5) is 10.5. The summed E-state index contributed by atoms with van der Waals surface area (Å²) < 4.78 is 42.9. The van der Waals surface area contributed by atoms with E-state index in [-0.39, 0.29) is 22.6 Å². The molecule has 19 heavy (non-hydrogen) atoms. The van der Waals surface area contributed by atoms with E-state index < -0.39 is 11.7 Å². The van der Waals surface area contributed by atoms with E-state index in [1.54, 1.807) is 6.07 Å². The number of carbonyl (C=O) groups excluding carboxylic acids is 1. The van der Waals surface area contributed by atoms with Crippen LogP contribution in [0.3, 0.4) is 0 Å². The van der Waals surface area contributed by atoms with Gasteiger partial charge in [-0.3, -0.25) is 4.79 Å². The van der Waals surface area contributed by atoms with Gasteiger partial charge in [-0.15, -0.1) is 0 Å². The first-order valence-corrected chi connectivity index (χ1v) is 5.12. The van der Waals surface area contributed by atoms with Gasteiger partial charge in [0.05, 0.1) is 17.2 Å². The highest BCUT2D eigenvalue weighted by Gasteiger charge is 2.31. The van der Waals surface area contributed by atoms with Crippen molar-refractivity contribution < 1.29 is 22.4 Å². The number of hydrogen-bond acceptors (Lipinski definition) is 3. The average molecular weight is 265 g/mol. The minimum atomic E-state index is -4.51. The third-order valence-corrected chi connectivity index (χ3v) is 2.48. The summed E-state index contributed by atoms with van der Waals surface area (Å²) in [6.45, 7) is 0. The molecule has 1 aromatic carbocycles. The highest BCUT2D eigenvalue weighted by atomic mass is 19.4. The standard InChI is InChI=1S/C13H6F3NO2/c14-13(15,16)9-2-1-8(6-17)11(5-9)12-4-3-10(7-18)19-12/h1-5,7H. The highest BCUT2D eigenvalue weighted by molar-refractivity contribution is 5.74. The number of aldehydes is 1. The molecule has 0 bridgehead atoms. The van der Waals surface area contributed by atoms with Crippen molar-refractivity contribution in [2.24, 2.45) is 0 Å². The number of carbonyl (C=O) groups is 1. The third-order valence-electron chi connectivity index (χ3n) is 2.48. The minimum absolute atomic E-state index is 0.00502. The van der Waals surface area contributed by atoms with Gasteiger partial charge in [-0.05, 0) is 30.3 Å². The molecule has 0 unspecified atom stereocenters. The second-order valence-corrected chi connectivity index (χ2v) is 3.69. The molecule has 0 fully saturated rings. The van der Waals surface area contributed by atoms with Crippen LogP contribution in [-0.2, 0) is 6.18 Å². The largest absolute Gasteiger partial charge is 0.453 e. The molecule has 0 aliphatic heterocycles. The smallest absolute Gasteiger partial charge is 0.416 e. The Balaban J connectivity index is 2.60. The van der Waals surface area contributed by atoms with Gasteiger partial charge in [0, 0.05) is 5.56 Å². The Morgan fingerprint density at radius 3 is 2.47 bits per heavy atom. The average Bonchev–Trinajstić information content (AvgIpc) is 2.85. The molecule has 6 heteroatoms. The van der Waals surface area contributed by atoms with Crippen LogP contribution in [0, 0.1) is 11.3 Å². The molecule has 0 aliphatic rings. The van der Waals surface area contributed by atoms with Crippen molar-refractivity contribution in [1.82, 2.24) is 0 Å². The lowest BCUT2D eigenvalue weighted by Crippen LogP contribution is -2.05. The van der Waals surface area contributed by atoms with Crippen LogP contribution in [0.2, 0.25) is 0 Å². The van der Waals surface area contributed by atoms with Gasteiger partial charge >= 0.3 is 6.18 Å². The summed E-state index contributed by atoms with van der Waals surface area (Å²) in [6.07, 6.45) is -4.08. The Labute approximate surface area is 105 Å². The molecule has 0 spiro atoms. The van der Waals surface area contributed by atoms with Crippen LogP contribution in [0.1, 0.15) is 21.7 Å². The number of nitriles is 1. The number of furan rings is 1. The second kappa shape index (κ2) is 4.61. The normalized spacial score (nSPS) is 11.1. The SMILES string of the molecule is N#Cc1ccc(C(F)(F)F)cc1-c1ccc(C=O)o1. The number of hydrogen-bond donors (Lipinski definition) is 0. The van der Waals surface area contributed by atoms with Crippen LogP contribution in [0.25, 0.3) is 11.3 Å². The Hall–Kier alpha value is -2.55. The number of benzene rings is 1. The molecule has 1 heterocycles. The van der Waals surface area contributed by atoms with Gasteiger partial charge in [-0.2, -0.15) is 18.4 Å². The Morgan fingerprint density at radius 2 is 1.95 bits per heavy atom. The molecule has 0 aliphatic carbocycles. The Kier molecular flexibility index (Phi) is 3.13. The highest BCUT2D eigenvalue weighted by Crippen LogP contribution is 2.34. The summed E-state index contributed by atoms with van der Waals surface area (Å²) in [5.41, 5.74) is -0.837. The van der Waals surface area contributed by atoms with Gasteiger partial charge < -0.3 is 4.42 Å². The lowest BCUT2D eigenvalue weighted by molar-refractivity contribution is -0.137. The predicted molar refractivity (Wildman–Crippen MR) is 59.2 cm³/mol. The molecule has 2 aromatic rings. The molecular weight excluding hydrogens is 259 g/mol. The van der Waals surface area contributed by atoms with Crippen molar-refractivity contribution in [2.45, 2.75) is 6.18 Å². The number of alkyl halides is 3. The maximum Gasteiger partial charge on any atom is 0.416 e. The van der Waals surface area contributed by atoms with E-state index in [1.807, 2.05) is 0 Å². The first-order valence-electron chi connectivity index (χ1n) is 5.12. The molecule has 1 aromatic heterocycles. The van der Waals surface area contributed by atoms with Crippen molar-refractivity contribution in [3.05, 3.63) is 47.2 Å². The van der Waals surface area contributed by atoms with Crippen LogP contribution >= 0.6 is 0 Å². The van der Waals surface area contributed by atoms with Gasteiger partial charge in [-0.25, -0.2) is 0 Å². The van der Waals surface area contributed by atoms with E-state index in [9.17, 15) is 18.0 Å². The molecule has 96 valence electrons. The quantitative estimate of drug-likeness (QED) is 0.779. The molecule has 0 amide bonds. The summed E-state index contributed by atoms with van der Waals surface area (Å²) in [6, 6.07) is 7.18. The fourth-order valence-corrected chi connectivity index (χ4v) is 1.58. The number of rotatable bonds is 2. The molecule has 0 saturated heterocycles. The van der Waals surface area contributed by atoms with E-state index in [0.717, 1.165) is 18.2 Å². The second-order valence-electron chi connectivity index (χ2n) is 3.69. The van der Waals surface area contributed by atoms with Crippen LogP contribution in [0.15, 0.2) is 34.7 Å². The zero-order chi connectivity index (χ0) is 14.0. The topological polar surface area (TPSA) is 54.0 Å². The number of halogens is 3. The van der Waals surface area contributed by atoms with Crippen LogP contribution in [0.4, 0.5) is 13.2 Å². The monoisotopic (exact) mass is 265 g/mol. The molecule has 3 nitrogen and oxygen atoms in total. The predicted octanol–water partition coefficient (Wildman–Crippen LogP) is 3.65. The maximum absolute atomic E-state index is 12.6. The summed E-state index contributed by atoms with van der Waals surface area (Å²) >= 11 is 0. The van der Waals surface area contributed by atoms with Crippen LogP contribution < -0.4 is 0 Å². The Morgan fingerprint density at radius 1 is 1.21 bits per heavy atom. The van der Waals surface area contributed by atoms with Crippen molar-refractivity contribution in [2.75, 3.05) is 0 Å². The van der Waals surface area contributed by atoms with Gasteiger partial charge in [-0.1, -0.05) is 0 Å². The molecule has 0 atom stereocenters. The summed E-state index contributed by atoms with van der Waals surface area (Å²) in [7, 11) is 0. The third kappa shape index (κ3) is 2.50. The first kappa shape index (κ1) is 12.9.